The van der Waals surface area contributed by atoms with Crippen LogP contribution in [0.15, 0.2) is 24.4 Å². The fraction of sp³-hybridized carbons (Fsp3) is 0.182. The molecule has 0 amide bonds. The number of imidazole rings is 1. The third-order valence-corrected chi connectivity index (χ3v) is 3.42. The predicted molar refractivity (Wildman–Crippen MR) is 67.5 cm³/mol. The topological polar surface area (TPSA) is 69.6 Å². The van der Waals surface area contributed by atoms with Crippen molar-refractivity contribution in [3.63, 3.8) is 0 Å². The maximum absolute atomic E-state index is 5.63. The Labute approximate surface area is 102 Å². The van der Waals surface area contributed by atoms with Gasteiger partial charge in [-0.2, -0.15) is 0 Å². The van der Waals surface area contributed by atoms with Gasteiger partial charge >= 0.3 is 0 Å². The molecule has 0 unspecified atom stereocenters. The second-order valence-electron chi connectivity index (χ2n) is 3.80. The lowest BCUT2D eigenvalue weighted by Gasteiger charge is -1.99. The Balaban J connectivity index is 2.24. The summed E-state index contributed by atoms with van der Waals surface area (Å²) in [6.07, 6.45) is 1.73. The summed E-state index contributed by atoms with van der Waals surface area (Å²) in [7, 11) is 1.99. The molecule has 1 aromatic carbocycles. The van der Waals surface area contributed by atoms with Crippen LogP contribution in [-0.2, 0) is 13.6 Å². The molecule has 2 heterocycles. The molecule has 6 heteroatoms. The first-order valence-corrected chi connectivity index (χ1v) is 6.00. The highest BCUT2D eigenvalue weighted by Crippen LogP contribution is 2.25. The highest BCUT2D eigenvalue weighted by molar-refractivity contribution is 7.09. The zero-order chi connectivity index (χ0) is 11.8. The molecular formula is C11H11N5S. The van der Waals surface area contributed by atoms with E-state index in [1.807, 2.05) is 29.8 Å². The first kappa shape index (κ1) is 10.4. The van der Waals surface area contributed by atoms with Gasteiger partial charge in [0.25, 0.3) is 0 Å². The molecule has 0 aliphatic rings. The third-order valence-electron chi connectivity index (χ3n) is 2.76. The minimum Gasteiger partial charge on any atom is -0.326 e. The number of fused-ring (bicyclic) bond motifs is 1. The number of benzene rings is 1. The SMILES string of the molecule is Cn1c(-c2cnns2)nc2cc(CN)ccc21. The van der Waals surface area contributed by atoms with E-state index in [4.69, 9.17) is 5.73 Å². The highest BCUT2D eigenvalue weighted by atomic mass is 32.1. The van der Waals surface area contributed by atoms with Gasteiger partial charge in [-0.05, 0) is 29.2 Å². The number of hydrogen-bond acceptors (Lipinski definition) is 5. The molecule has 0 aliphatic heterocycles. The van der Waals surface area contributed by atoms with E-state index in [9.17, 15) is 0 Å². The minimum atomic E-state index is 0.532. The summed E-state index contributed by atoms with van der Waals surface area (Å²) in [5.74, 6) is 0.893. The van der Waals surface area contributed by atoms with Crippen LogP contribution in [0, 0.1) is 0 Å². The first-order valence-electron chi connectivity index (χ1n) is 5.23. The van der Waals surface area contributed by atoms with Crippen LogP contribution >= 0.6 is 11.5 Å². The molecule has 3 aromatic rings. The summed E-state index contributed by atoms with van der Waals surface area (Å²) in [6, 6.07) is 6.09. The second kappa shape index (κ2) is 3.90. The van der Waals surface area contributed by atoms with Gasteiger partial charge in [0.2, 0.25) is 0 Å². The zero-order valence-electron chi connectivity index (χ0n) is 9.29. The maximum atomic E-state index is 5.63. The fourth-order valence-corrected chi connectivity index (χ4v) is 2.40. The van der Waals surface area contributed by atoms with E-state index in [1.165, 1.54) is 11.5 Å². The van der Waals surface area contributed by atoms with Gasteiger partial charge in [-0.15, -0.1) is 5.10 Å². The maximum Gasteiger partial charge on any atom is 0.154 e. The fourth-order valence-electron chi connectivity index (χ4n) is 1.86. The van der Waals surface area contributed by atoms with Crippen LogP contribution in [0.3, 0.4) is 0 Å². The van der Waals surface area contributed by atoms with Crippen molar-refractivity contribution in [3.05, 3.63) is 30.0 Å². The largest absolute Gasteiger partial charge is 0.326 e. The van der Waals surface area contributed by atoms with E-state index in [2.05, 4.69) is 14.6 Å². The lowest BCUT2D eigenvalue weighted by atomic mass is 10.2. The van der Waals surface area contributed by atoms with Crippen molar-refractivity contribution >= 4 is 22.6 Å². The van der Waals surface area contributed by atoms with Crippen LogP contribution in [-0.4, -0.2) is 19.1 Å². The summed E-state index contributed by atoms with van der Waals surface area (Å²) in [5.41, 5.74) is 8.76. The summed E-state index contributed by atoms with van der Waals surface area (Å²) in [6.45, 7) is 0.532. The third kappa shape index (κ3) is 1.62. The molecule has 2 aromatic heterocycles. The smallest absolute Gasteiger partial charge is 0.154 e. The van der Waals surface area contributed by atoms with E-state index < -0.39 is 0 Å². The quantitative estimate of drug-likeness (QED) is 0.743. The molecule has 17 heavy (non-hydrogen) atoms. The zero-order valence-corrected chi connectivity index (χ0v) is 10.1. The standard InChI is InChI=1S/C11H11N5S/c1-16-9-3-2-7(5-12)4-8(9)14-11(16)10-6-13-15-17-10/h2-4,6H,5,12H2,1H3. The van der Waals surface area contributed by atoms with Gasteiger partial charge < -0.3 is 10.3 Å². The molecule has 0 aliphatic carbocycles. The van der Waals surface area contributed by atoms with Crippen LogP contribution in [0.25, 0.3) is 21.7 Å². The van der Waals surface area contributed by atoms with E-state index in [-0.39, 0.29) is 0 Å². The minimum absolute atomic E-state index is 0.532. The van der Waals surface area contributed by atoms with Crippen LogP contribution in [0.1, 0.15) is 5.56 Å². The molecule has 0 bridgehead atoms. The van der Waals surface area contributed by atoms with Crippen LogP contribution < -0.4 is 5.73 Å². The Morgan fingerprint density at radius 1 is 1.41 bits per heavy atom. The van der Waals surface area contributed by atoms with E-state index in [0.717, 1.165) is 27.3 Å². The molecule has 0 fully saturated rings. The summed E-state index contributed by atoms with van der Waals surface area (Å²) >= 11 is 1.35. The number of nitrogens with two attached hydrogens (primary N) is 1. The Hall–Kier alpha value is -1.79. The van der Waals surface area contributed by atoms with Crippen molar-refractivity contribution in [2.75, 3.05) is 0 Å². The van der Waals surface area contributed by atoms with Gasteiger partial charge in [-0.25, -0.2) is 4.98 Å². The Morgan fingerprint density at radius 3 is 3.00 bits per heavy atom. The van der Waals surface area contributed by atoms with Crippen LogP contribution in [0.5, 0.6) is 0 Å². The lowest BCUT2D eigenvalue weighted by molar-refractivity contribution is 0.961. The number of aromatic nitrogens is 4. The Kier molecular flexibility index (Phi) is 2.38. The lowest BCUT2D eigenvalue weighted by Crippen LogP contribution is -1.95. The average Bonchev–Trinajstić information content (AvgIpc) is 2.97. The van der Waals surface area contributed by atoms with E-state index in [0.29, 0.717) is 6.54 Å². The van der Waals surface area contributed by atoms with Gasteiger partial charge in [-0.1, -0.05) is 10.6 Å². The number of rotatable bonds is 2. The van der Waals surface area contributed by atoms with Gasteiger partial charge in [-0.3, -0.25) is 0 Å². The Bertz CT molecular complexity index is 656. The molecule has 0 saturated carbocycles. The van der Waals surface area contributed by atoms with Crippen LogP contribution in [0.2, 0.25) is 0 Å². The van der Waals surface area contributed by atoms with Gasteiger partial charge in [0, 0.05) is 13.6 Å². The first-order chi connectivity index (χ1) is 8.29. The van der Waals surface area contributed by atoms with Crippen molar-refractivity contribution in [2.45, 2.75) is 6.54 Å². The molecule has 3 rings (SSSR count). The monoisotopic (exact) mass is 245 g/mol. The highest BCUT2D eigenvalue weighted by Gasteiger charge is 2.11. The Morgan fingerprint density at radius 2 is 2.29 bits per heavy atom. The predicted octanol–water partition coefficient (Wildman–Crippen LogP) is 1.55. The molecule has 86 valence electrons. The second-order valence-corrected chi connectivity index (χ2v) is 4.59. The number of aryl methyl sites for hydroxylation is 1. The van der Waals surface area contributed by atoms with Crippen molar-refractivity contribution < 1.29 is 0 Å². The van der Waals surface area contributed by atoms with Crippen molar-refractivity contribution in [2.24, 2.45) is 12.8 Å². The summed E-state index contributed by atoms with van der Waals surface area (Å²) in [5, 5.41) is 3.84. The average molecular weight is 245 g/mol. The molecule has 0 spiro atoms. The molecule has 5 nitrogen and oxygen atoms in total. The van der Waals surface area contributed by atoms with Gasteiger partial charge in [0.1, 0.15) is 4.88 Å². The van der Waals surface area contributed by atoms with Gasteiger partial charge in [0.15, 0.2) is 5.82 Å². The number of nitrogens with zero attached hydrogens (tertiary/aromatic N) is 4. The van der Waals surface area contributed by atoms with Crippen LogP contribution in [0.4, 0.5) is 0 Å². The molecular weight excluding hydrogens is 234 g/mol. The molecule has 2 N–H and O–H groups in total. The van der Waals surface area contributed by atoms with E-state index in [1.54, 1.807) is 6.20 Å². The summed E-state index contributed by atoms with van der Waals surface area (Å²) in [4.78, 5) is 5.57. The number of hydrogen-bond donors (Lipinski definition) is 1. The van der Waals surface area contributed by atoms with E-state index >= 15 is 0 Å². The normalized spacial score (nSPS) is 11.2. The summed E-state index contributed by atoms with van der Waals surface area (Å²) < 4.78 is 5.91. The molecule has 0 radical (unpaired) electrons. The van der Waals surface area contributed by atoms with Crippen molar-refractivity contribution in [1.82, 2.24) is 19.1 Å². The van der Waals surface area contributed by atoms with Gasteiger partial charge in [0.05, 0.1) is 17.2 Å². The van der Waals surface area contributed by atoms with Crippen molar-refractivity contribution in [3.8, 4) is 10.7 Å². The molecule has 0 atom stereocenters. The van der Waals surface area contributed by atoms with Crippen molar-refractivity contribution in [1.29, 1.82) is 0 Å². The molecule has 0 saturated heterocycles.